The summed E-state index contributed by atoms with van der Waals surface area (Å²) in [5.74, 6) is 1.30. The number of aryl methyl sites for hydroxylation is 2. The van der Waals surface area contributed by atoms with Crippen LogP contribution in [0.5, 0.6) is 0 Å². The van der Waals surface area contributed by atoms with Gasteiger partial charge in [0.25, 0.3) is 0 Å². The first kappa shape index (κ1) is 23.2. The molecule has 0 spiro atoms. The predicted molar refractivity (Wildman–Crippen MR) is 123 cm³/mol. The second-order valence-electron chi connectivity index (χ2n) is 8.72. The highest BCUT2D eigenvalue weighted by Crippen LogP contribution is 2.31. The van der Waals surface area contributed by atoms with Crippen molar-refractivity contribution >= 4 is 22.7 Å². The Morgan fingerprint density at radius 3 is 2.73 bits per heavy atom. The van der Waals surface area contributed by atoms with E-state index >= 15 is 0 Å². The van der Waals surface area contributed by atoms with Crippen LogP contribution in [0.25, 0.3) is 10.9 Å². The van der Waals surface area contributed by atoms with E-state index in [9.17, 15) is 13.2 Å². The van der Waals surface area contributed by atoms with E-state index in [4.69, 9.17) is 9.97 Å². The number of halogens is 3. The third-order valence-electron chi connectivity index (χ3n) is 6.19. The van der Waals surface area contributed by atoms with E-state index in [0.29, 0.717) is 25.5 Å². The van der Waals surface area contributed by atoms with Gasteiger partial charge in [0.2, 0.25) is 5.95 Å². The van der Waals surface area contributed by atoms with Gasteiger partial charge in [-0.05, 0) is 50.7 Å². The highest BCUT2D eigenvalue weighted by Gasteiger charge is 2.30. The van der Waals surface area contributed by atoms with Gasteiger partial charge in [-0.3, -0.25) is 9.97 Å². The summed E-state index contributed by atoms with van der Waals surface area (Å²) < 4.78 is 38.1. The molecule has 3 heterocycles. The Balaban J connectivity index is 1.55. The average Bonchev–Trinajstić information content (AvgIpc) is 2.79. The molecule has 33 heavy (non-hydrogen) atoms. The topological polar surface area (TPSA) is 66.8 Å². The van der Waals surface area contributed by atoms with E-state index in [-0.39, 0.29) is 12.3 Å². The molecule has 3 aromatic rings. The maximum Gasteiger partial charge on any atom is 0.389 e. The van der Waals surface area contributed by atoms with Gasteiger partial charge in [-0.1, -0.05) is 12.1 Å². The summed E-state index contributed by atoms with van der Waals surface area (Å²) in [6, 6.07) is 5.98. The van der Waals surface area contributed by atoms with Crippen LogP contribution in [0.4, 0.5) is 24.9 Å². The van der Waals surface area contributed by atoms with Crippen molar-refractivity contribution in [2.24, 2.45) is 5.92 Å². The van der Waals surface area contributed by atoms with Gasteiger partial charge in [0.15, 0.2) is 0 Å². The highest BCUT2D eigenvalue weighted by molar-refractivity contribution is 5.92. The number of hydrogen-bond donors (Lipinski definition) is 1. The number of rotatable bonds is 7. The van der Waals surface area contributed by atoms with Gasteiger partial charge in [-0.2, -0.15) is 18.2 Å². The van der Waals surface area contributed by atoms with Crippen LogP contribution in [0, 0.1) is 19.8 Å². The minimum absolute atomic E-state index is 0.00687. The van der Waals surface area contributed by atoms with Crippen molar-refractivity contribution in [3.63, 3.8) is 0 Å². The van der Waals surface area contributed by atoms with E-state index in [1.54, 1.807) is 12.4 Å². The van der Waals surface area contributed by atoms with Gasteiger partial charge in [-0.15, -0.1) is 0 Å². The van der Waals surface area contributed by atoms with Crippen molar-refractivity contribution in [3.05, 3.63) is 47.5 Å². The minimum atomic E-state index is -4.11. The number of nitrogens with zero attached hydrogens (tertiary/aromatic N) is 5. The summed E-state index contributed by atoms with van der Waals surface area (Å²) in [6.45, 7) is 5.88. The lowest BCUT2D eigenvalue weighted by Gasteiger charge is -2.33. The zero-order chi connectivity index (χ0) is 23.4. The zero-order valence-electron chi connectivity index (χ0n) is 19.0. The van der Waals surface area contributed by atoms with Crippen LogP contribution >= 0.6 is 0 Å². The Hall–Kier alpha value is -2.97. The number of anilines is 2. The predicted octanol–water partition coefficient (Wildman–Crippen LogP) is 5.25. The Bertz CT molecular complexity index is 1100. The highest BCUT2D eigenvalue weighted by atomic mass is 19.4. The molecule has 0 bridgehead atoms. The summed E-state index contributed by atoms with van der Waals surface area (Å²) in [7, 11) is 0. The lowest BCUT2D eigenvalue weighted by molar-refractivity contribution is -0.137. The molecule has 2 aromatic heterocycles. The molecule has 1 aliphatic heterocycles. The molecule has 0 amide bonds. The molecule has 0 radical (unpaired) electrons. The lowest BCUT2D eigenvalue weighted by Crippen LogP contribution is -2.37. The third kappa shape index (κ3) is 5.89. The third-order valence-corrected chi connectivity index (χ3v) is 6.19. The standard InChI is InChI=1S/C24H29F3N6/c1-16-5-3-7-19-21(16)31-23(33-14-4-6-18(15-33)8-10-24(25,26)27)32-22(19)30-11-9-20-17(2)28-12-13-29-20/h3,5,7,12-13,18H,4,6,8-11,14-15H2,1-2H3,(H,30,31,32). The smallest absolute Gasteiger partial charge is 0.369 e. The zero-order valence-corrected chi connectivity index (χ0v) is 19.0. The Morgan fingerprint density at radius 1 is 1.12 bits per heavy atom. The summed E-state index contributed by atoms with van der Waals surface area (Å²) >= 11 is 0. The molecular formula is C24H29F3N6. The quantitative estimate of drug-likeness (QED) is 0.522. The second kappa shape index (κ2) is 9.89. The van der Waals surface area contributed by atoms with Crippen molar-refractivity contribution < 1.29 is 13.2 Å². The van der Waals surface area contributed by atoms with Crippen molar-refractivity contribution in [1.82, 2.24) is 19.9 Å². The summed E-state index contributed by atoms with van der Waals surface area (Å²) in [5.41, 5.74) is 3.73. The minimum Gasteiger partial charge on any atom is -0.369 e. The number of alkyl halides is 3. The number of hydrogen-bond acceptors (Lipinski definition) is 6. The molecule has 1 N–H and O–H groups in total. The van der Waals surface area contributed by atoms with E-state index < -0.39 is 12.6 Å². The summed E-state index contributed by atoms with van der Waals surface area (Å²) in [4.78, 5) is 20.3. The van der Waals surface area contributed by atoms with Gasteiger partial charge in [0.05, 0.1) is 16.9 Å². The van der Waals surface area contributed by atoms with Crippen molar-refractivity contribution in [2.45, 2.75) is 52.1 Å². The number of nitrogens with one attached hydrogen (secondary N) is 1. The average molecular weight is 459 g/mol. The molecule has 176 valence electrons. The van der Waals surface area contributed by atoms with Gasteiger partial charge in [0.1, 0.15) is 5.82 Å². The molecule has 1 aromatic carbocycles. The molecular weight excluding hydrogens is 429 g/mol. The molecule has 6 nitrogen and oxygen atoms in total. The number of fused-ring (bicyclic) bond motifs is 1. The second-order valence-corrected chi connectivity index (χ2v) is 8.72. The van der Waals surface area contributed by atoms with Gasteiger partial charge in [0, 0.05) is 50.3 Å². The number of aromatic nitrogens is 4. The molecule has 1 atom stereocenters. The van der Waals surface area contributed by atoms with Crippen LogP contribution in [0.15, 0.2) is 30.6 Å². The van der Waals surface area contributed by atoms with Crippen molar-refractivity contribution in [3.8, 4) is 0 Å². The first-order chi connectivity index (χ1) is 15.8. The molecule has 1 saturated heterocycles. The summed E-state index contributed by atoms with van der Waals surface area (Å²) in [5, 5.41) is 4.36. The van der Waals surface area contributed by atoms with Crippen LogP contribution in [0.1, 0.15) is 42.6 Å². The van der Waals surface area contributed by atoms with Crippen LogP contribution in [0.3, 0.4) is 0 Å². The largest absolute Gasteiger partial charge is 0.389 e. The molecule has 1 aliphatic rings. The van der Waals surface area contributed by atoms with Crippen molar-refractivity contribution in [2.75, 3.05) is 29.9 Å². The number of benzene rings is 1. The fourth-order valence-electron chi connectivity index (χ4n) is 4.39. The maximum atomic E-state index is 12.7. The molecule has 9 heteroatoms. The van der Waals surface area contributed by atoms with E-state index in [2.05, 4.69) is 15.3 Å². The molecule has 1 unspecified atom stereocenters. The number of para-hydroxylation sites is 1. The SMILES string of the molecule is Cc1nccnc1CCNc1nc(N2CCCC(CCC(F)(F)F)C2)nc2c(C)cccc12. The van der Waals surface area contributed by atoms with E-state index in [0.717, 1.165) is 53.1 Å². The first-order valence-corrected chi connectivity index (χ1v) is 11.4. The van der Waals surface area contributed by atoms with Crippen LogP contribution in [-0.2, 0) is 6.42 Å². The normalized spacial score (nSPS) is 16.9. The molecule has 0 aliphatic carbocycles. The van der Waals surface area contributed by atoms with Gasteiger partial charge in [-0.25, -0.2) is 4.98 Å². The number of piperidine rings is 1. The fourth-order valence-corrected chi connectivity index (χ4v) is 4.39. The molecule has 4 rings (SSSR count). The van der Waals surface area contributed by atoms with Crippen LogP contribution < -0.4 is 10.2 Å². The first-order valence-electron chi connectivity index (χ1n) is 11.4. The molecule has 0 saturated carbocycles. The van der Waals surface area contributed by atoms with Gasteiger partial charge < -0.3 is 10.2 Å². The monoisotopic (exact) mass is 458 g/mol. The summed E-state index contributed by atoms with van der Waals surface area (Å²) in [6.07, 6.45) is 1.02. The Morgan fingerprint density at radius 2 is 1.94 bits per heavy atom. The van der Waals surface area contributed by atoms with E-state index in [1.807, 2.05) is 36.9 Å². The Kier molecular flexibility index (Phi) is 6.95. The lowest BCUT2D eigenvalue weighted by atomic mass is 9.93. The van der Waals surface area contributed by atoms with Crippen LogP contribution in [0.2, 0.25) is 0 Å². The molecule has 1 fully saturated rings. The van der Waals surface area contributed by atoms with Crippen molar-refractivity contribution in [1.29, 1.82) is 0 Å². The maximum absolute atomic E-state index is 12.7. The fraction of sp³-hybridized carbons (Fsp3) is 0.500. The van der Waals surface area contributed by atoms with E-state index in [1.165, 1.54) is 0 Å². The van der Waals surface area contributed by atoms with Gasteiger partial charge >= 0.3 is 6.18 Å². The Labute approximate surface area is 191 Å². The van der Waals surface area contributed by atoms with Crippen LogP contribution in [-0.4, -0.2) is 45.7 Å².